The molecule has 0 aliphatic carbocycles. The van der Waals surface area contributed by atoms with Crippen molar-refractivity contribution < 1.29 is 4.79 Å². The topological polar surface area (TPSA) is 42.6 Å². The molecule has 5 nitrogen and oxygen atoms in total. The van der Waals surface area contributed by atoms with Gasteiger partial charge in [0.2, 0.25) is 5.91 Å². The van der Waals surface area contributed by atoms with Gasteiger partial charge in [0.15, 0.2) is 0 Å². The third-order valence-electron chi connectivity index (χ3n) is 6.14. The molecule has 150 valence electrons. The number of carbonyl (C=O) groups is 1. The van der Waals surface area contributed by atoms with Gasteiger partial charge in [0.25, 0.3) is 0 Å². The van der Waals surface area contributed by atoms with Crippen molar-refractivity contribution in [3.8, 4) is 0 Å². The van der Waals surface area contributed by atoms with Crippen LogP contribution in [0.4, 0.5) is 5.69 Å². The number of hydrogen-bond acceptors (Lipinski definition) is 3. The van der Waals surface area contributed by atoms with Crippen molar-refractivity contribution in [2.45, 2.75) is 13.0 Å². The first-order valence-corrected chi connectivity index (χ1v) is 10.6. The molecule has 3 heterocycles. The lowest BCUT2D eigenvalue weighted by atomic mass is 10.0. The van der Waals surface area contributed by atoms with E-state index >= 15 is 0 Å². The summed E-state index contributed by atoms with van der Waals surface area (Å²) in [7, 11) is 0. The van der Waals surface area contributed by atoms with Gasteiger partial charge in [0, 0.05) is 78.6 Å². The van der Waals surface area contributed by atoms with Crippen LogP contribution >= 0.6 is 11.6 Å². The summed E-state index contributed by atoms with van der Waals surface area (Å²) in [4.78, 5) is 23.1. The molecule has 1 amide bonds. The molecule has 0 unspecified atom stereocenters. The van der Waals surface area contributed by atoms with Crippen LogP contribution in [0.5, 0.6) is 0 Å². The van der Waals surface area contributed by atoms with Gasteiger partial charge in [-0.05, 0) is 24.3 Å². The second kappa shape index (κ2) is 7.73. The van der Waals surface area contributed by atoms with Crippen molar-refractivity contribution in [2.75, 3.05) is 44.2 Å². The SMILES string of the molecule is O=C(CN1CCN(c2cccc(Cl)c2)CC1)N1CCc2[nH]c3ccccc3c2C1. The Morgan fingerprint density at radius 3 is 2.66 bits per heavy atom. The highest BCUT2D eigenvalue weighted by molar-refractivity contribution is 6.30. The Morgan fingerprint density at radius 2 is 1.83 bits per heavy atom. The summed E-state index contributed by atoms with van der Waals surface area (Å²) >= 11 is 6.12. The molecule has 2 aromatic carbocycles. The molecule has 0 saturated carbocycles. The molecule has 2 aliphatic rings. The predicted octanol–water partition coefficient (Wildman–Crippen LogP) is 3.53. The second-order valence-corrected chi connectivity index (χ2v) is 8.37. The van der Waals surface area contributed by atoms with E-state index < -0.39 is 0 Å². The molecule has 1 aromatic heterocycles. The van der Waals surface area contributed by atoms with E-state index in [4.69, 9.17) is 11.6 Å². The van der Waals surface area contributed by atoms with Gasteiger partial charge in [-0.15, -0.1) is 0 Å². The lowest BCUT2D eigenvalue weighted by molar-refractivity contribution is -0.133. The Labute approximate surface area is 175 Å². The van der Waals surface area contributed by atoms with Crippen LogP contribution in [-0.2, 0) is 17.8 Å². The maximum absolute atomic E-state index is 13.0. The van der Waals surface area contributed by atoms with Crippen molar-refractivity contribution >= 4 is 34.1 Å². The third-order valence-corrected chi connectivity index (χ3v) is 6.38. The number of aromatic nitrogens is 1. The van der Waals surface area contributed by atoms with E-state index in [0.717, 1.165) is 49.9 Å². The maximum atomic E-state index is 13.0. The minimum atomic E-state index is 0.233. The fourth-order valence-corrected chi connectivity index (χ4v) is 4.69. The van der Waals surface area contributed by atoms with Crippen molar-refractivity contribution in [1.82, 2.24) is 14.8 Å². The van der Waals surface area contributed by atoms with E-state index in [-0.39, 0.29) is 5.91 Å². The maximum Gasteiger partial charge on any atom is 0.237 e. The molecular weight excluding hydrogens is 384 g/mol. The number of anilines is 1. The van der Waals surface area contributed by atoms with Crippen LogP contribution in [-0.4, -0.2) is 60.0 Å². The fraction of sp³-hybridized carbons (Fsp3) is 0.348. The Balaban J connectivity index is 1.20. The number of amides is 1. The molecule has 2 aliphatic heterocycles. The van der Waals surface area contributed by atoms with Crippen LogP contribution in [0.2, 0.25) is 5.02 Å². The molecule has 0 spiro atoms. The third kappa shape index (κ3) is 3.72. The average Bonchev–Trinajstić information content (AvgIpc) is 3.12. The number of halogens is 1. The number of H-pyrrole nitrogens is 1. The second-order valence-electron chi connectivity index (χ2n) is 7.94. The highest BCUT2D eigenvalue weighted by atomic mass is 35.5. The summed E-state index contributed by atoms with van der Waals surface area (Å²) in [6, 6.07) is 16.4. The number of nitrogens with one attached hydrogen (secondary N) is 1. The van der Waals surface area contributed by atoms with Crippen LogP contribution in [0.25, 0.3) is 10.9 Å². The number of benzene rings is 2. The zero-order valence-corrected chi connectivity index (χ0v) is 17.2. The molecule has 1 N–H and O–H groups in total. The molecule has 0 radical (unpaired) electrons. The number of nitrogens with zero attached hydrogens (tertiary/aromatic N) is 3. The predicted molar refractivity (Wildman–Crippen MR) is 118 cm³/mol. The Kier molecular flexibility index (Phi) is 4.94. The first kappa shape index (κ1) is 18.5. The van der Waals surface area contributed by atoms with Crippen molar-refractivity contribution in [2.24, 2.45) is 0 Å². The molecular formula is C23H25ClN4O. The zero-order valence-electron chi connectivity index (χ0n) is 16.4. The summed E-state index contributed by atoms with van der Waals surface area (Å²) in [6.07, 6.45) is 0.901. The first-order valence-electron chi connectivity index (χ1n) is 10.3. The molecule has 0 atom stereocenters. The molecule has 1 saturated heterocycles. The van der Waals surface area contributed by atoms with Crippen LogP contribution in [0.3, 0.4) is 0 Å². The Morgan fingerprint density at radius 1 is 1.00 bits per heavy atom. The molecule has 29 heavy (non-hydrogen) atoms. The Bertz CT molecular complexity index is 1040. The molecule has 6 heteroatoms. The zero-order chi connectivity index (χ0) is 19.8. The number of carbonyl (C=O) groups excluding carboxylic acids is 1. The van der Waals surface area contributed by atoms with Gasteiger partial charge < -0.3 is 14.8 Å². The van der Waals surface area contributed by atoms with E-state index in [9.17, 15) is 4.79 Å². The van der Waals surface area contributed by atoms with Crippen LogP contribution in [0.1, 0.15) is 11.3 Å². The van der Waals surface area contributed by atoms with Crippen LogP contribution in [0.15, 0.2) is 48.5 Å². The van der Waals surface area contributed by atoms with Gasteiger partial charge in [-0.25, -0.2) is 0 Å². The smallest absolute Gasteiger partial charge is 0.237 e. The number of piperazine rings is 1. The van der Waals surface area contributed by atoms with Crippen molar-refractivity contribution in [3.05, 3.63) is 64.8 Å². The summed E-state index contributed by atoms with van der Waals surface area (Å²) in [6.45, 7) is 5.62. The summed E-state index contributed by atoms with van der Waals surface area (Å²) in [5, 5.41) is 2.01. The number of aromatic amines is 1. The van der Waals surface area contributed by atoms with E-state index in [2.05, 4.69) is 45.1 Å². The summed E-state index contributed by atoms with van der Waals surface area (Å²) < 4.78 is 0. The van der Waals surface area contributed by atoms with E-state index in [1.54, 1.807) is 0 Å². The van der Waals surface area contributed by atoms with Gasteiger partial charge >= 0.3 is 0 Å². The quantitative estimate of drug-likeness (QED) is 0.721. The normalized spacial score (nSPS) is 17.6. The summed E-state index contributed by atoms with van der Waals surface area (Å²) in [5.41, 5.74) is 4.90. The van der Waals surface area contributed by atoms with Gasteiger partial charge in [0.05, 0.1) is 6.54 Å². The van der Waals surface area contributed by atoms with Gasteiger partial charge in [-0.3, -0.25) is 9.69 Å². The number of rotatable bonds is 3. The van der Waals surface area contributed by atoms with E-state index in [0.29, 0.717) is 13.1 Å². The lowest BCUT2D eigenvalue weighted by Gasteiger charge is -2.37. The highest BCUT2D eigenvalue weighted by Crippen LogP contribution is 2.27. The van der Waals surface area contributed by atoms with Crippen LogP contribution in [0, 0.1) is 0 Å². The lowest BCUT2D eigenvalue weighted by Crippen LogP contribution is -2.50. The van der Waals surface area contributed by atoms with Gasteiger partial charge in [-0.2, -0.15) is 0 Å². The van der Waals surface area contributed by atoms with E-state index in [1.807, 2.05) is 23.1 Å². The van der Waals surface area contributed by atoms with E-state index in [1.165, 1.54) is 22.2 Å². The molecule has 3 aromatic rings. The van der Waals surface area contributed by atoms with Crippen LogP contribution < -0.4 is 4.90 Å². The fourth-order valence-electron chi connectivity index (χ4n) is 4.51. The van der Waals surface area contributed by atoms with Crippen molar-refractivity contribution in [1.29, 1.82) is 0 Å². The van der Waals surface area contributed by atoms with Gasteiger partial charge in [0.1, 0.15) is 0 Å². The number of hydrogen-bond donors (Lipinski definition) is 1. The highest BCUT2D eigenvalue weighted by Gasteiger charge is 2.26. The Hall–Kier alpha value is -2.50. The standard InChI is InChI=1S/C23H25ClN4O/c24-17-4-3-5-18(14-17)27-12-10-26(11-13-27)16-23(29)28-9-8-22-20(15-28)19-6-1-2-7-21(19)25-22/h1-7,14,25H,8-13,15-16H2. The number of para-hydroxylation sites is 1. The monoisotopic (exact) mass is 408 g/mol. The molecule has 1 fully saturated rings. The van der Waals surface area contributed by atoms with Crippen molar-refractivity contribution in [3.63, 3.8) is 0 Å². The summed E-state index contributed by atoms with van der Waals surface area (Å²) in [5.74, 6) is 0.233. The average molecular weight is 409 g/mol. The minimum absolute atomic E-state index is 0.233. The molecule has 5 rings (SSSR count). The molecule has 0 bridgehead atoms. The first-order chi connectivity index (χ1) is 14.2. The minimum Gasteiger partial charge on any atom is -0.369 e. The van der Waals surface area contributed by atoms with Gasteiger partial charge in [-0.1, -0.05) is 35.9 Å². The largest absolute Gasteiger partial charge is 0.369 e. The number of fused-ring (bicyclic) bond motifs is 3.